The maximum Gasteiger partial charge on any atom is 0.306 e. The van der Waals surface area contributed by atoms with Crippen molar-refractivity contribution in [2.75, 3.05) is 11.9 Å². The third kappa shape index (κ3) is 7.04. The van der Waals surface area contributed by atoms with E-state index < -0.39 is 5.97 Å². The van der Waals surface area contributed by atoms with Gasteiger partial charge in [0, 0.05) is 17.7 Å². The summed E-state index contributed by atoms with van der Waals surface area (Å²) in [4.78, 5) is 36.1. The lowest BCUT2D eigenvalue weighted by molar-refractivity contribution is -0.143. The molecule has 0 unspecified atom stereocenters. The van der Waals surface area contributed by atoms with E-state index in [-0.39, 0.29) is 31.1 Å². The number of carbonyl (C=O) groups is 3. The van der Waals surface area contributed by atoms with Crippen LogP contribution in [0.5, 0.6) is 11.5 Å². The van der Waals surface area contributed by atoms with E-state index in [1.165, 1.54) is 0 Å². The first-order valence-corrected chi connectivity index (χ1v) is 10.7. The van der Waals surface area contributed by atoms with Crippen LogP contribution >= 0.6 is 0 Å². The van der Waals surface area contributed by atoms with Gasteiger partial charge in [-0.05, 0) is 56.2 Å². The minimum atomic E-state index is -0.594. The van der Waals surface area contributed by atoms with Gasteiger partial charge in [-0.3, -0.25) is 14.4 Å². The summed E-state index contributed by atoms with van der Waals surface area (Å²) in [5.41, 5.74) is 4.20. The van der Waals surface area contributed by atoms with Crippen molar-refractivity contribution >= 4 is 23.3 Å². The van der Waals surface area contributed by atoms with Gasteiger partial charge in [-0.2, -0.15) is 0 Å². The molecule has 33 heavy (non-hydrogen) atoms. The smallest absolute Gasteiger partial charge is 0.306 e. The molecule has 3 rings (SSSR count). The number of amides is 1. The number of anilines is 1. The first kappa shape index (κ1) is 23.7. The number of hydrogen-bond acceptors (Lipinski definition) is 5. The van der Waals surface area contributed by atoms with Crippen LogP contribution in [0.25, 0.3) is 0 Å². The molecule has 0 bridgehead atoms. The molecule has 3 aromatic rings. The van der Waals surface area contributed by atoms with E-state index in [0.29, 0.717) is 17.0 Å². The Balaban J connectivity index is 1.42. The molecule has 0 atom stereocenters. The van der Waals surface area contributed by atoms with Crippen molar-refractivity contribution < 1.29 is 23.9 Å². The van der Waals surface area contributed by atoms with Gasteiger partial charge in [0.1, 0.15) is 11.5 Å². The summed E-state index contributed by atoms with van der Waals surface area (Å²) in [6.45, 7) is 5.56. The third-order valence-electron chi connectivity index (χ3n) is 5.06. The molecule has 0 aliphatic rings. The summed E-state index contributed by atoms with van der Waals surface area (Å²) < 4.78 is 11.0. The van der Waals surface area contributed by atoms with Crippen LogP contribution in [-0.2, 0) is 14.3 Å². The van der Waals surface area contributed by atoms with Gasteiger partial charge in [-0.1, -0.05) is 48.0 Å². The Kier molecular flexibility index (Phi) is 7.97. The number of carbonyl (C=O) groups excluding carboxylic acids is 3. The average molecular weight is 446 g/mol. The highest BCUT2D eigenvalue weighted by molar-refractivity contribution is 5.98. The van der Waals surface area contributed by atoms with Crippen molar-refractivity contribution in [2.24, 2.45) is 0 Å². The summed E-state index contributed by atoms with van der Waals surface area (Å²) in [5, 5.41) is 2.74. The number of ketones is 1. The van der Waals surface area contributed by atoms with Crippen molar-refractivity contribution in [1.82, 2.24) is 0 Å². The SMILES string of the molecule is Cc1ccc(C(=O)COC(=O)CCC(=O)Nc2ccc(Oc3c(C)cccc3C)cc2)cc1. The minimum Gasteiger partial charge on any atom is -0.457 e. The molecule has 0 aromatic heterocycles. The first-order chi connectivity index (χ1) is 15.8. The van der Waals surface area contributed by atoms with Gasteiger partial charge in [0.05, 0.1) is 6.42 Å². The number of Topliss-reactive ketones (excluding diaryl/α,β-unsaturated/α-hetero) is 1. The third-order valence-corrected chi connectivity index (χ3v) is 5.06. The Morgan fingerprint density at radius 2 is 1.42 bits per heavy atom. The molecule has 0 saturated carbocycles. The van der Waals surface area contributed by atoms with Crippen LogP contribution in [-0.4, -0.2) is 24.3 Å². The summed E-state index contributed by atoms with van der Waals surface area (Å²) in [5.74, 6) is 0.278. The Labute approximate surface area is 193 Å². The quantitative estimate of drug-likeness (QED) is 0.345. The second-order valence-electron chi connectivity index (χ2n) is 7.85. The fourth-order valence-corrected chi connectivity index (χ4v) is 3.16. The van der Waals surface area contributed by atoms with E-state index in [1.807, 2.05) is 51.1 Å². The Morgan fingerprint density at radius 1 is 0.788 bits per heavy atom. The lowest BCUT2D eigenvalue weighted by atomic mass is 10.1. The van der Waals surface area contributed by atoms with Gasteiger partial charge >= 0.3 is 5.97 Å². The summed E-state index contributed by atoms with van der Waals surface area (Å²) in [6, 6.07) is 20.0. The molecule has 6 nitrogen and oxygen atoms in total. The highest BCUT2D eigenvalue weighted by atomic mass is 16.5. The first-order valence-electron chi connectivity index (χ1n) is 10.7. The fraction of sp³-hybridized carbons (Fsp3) is 0.222. The molecule has 0 aliphatic carbocycles. The van der Waals surface area contributed by atoms with E-state index in [2.05, 4.69) is 5.32 Å². The number of benzene rings is 3. The Morgan fingerprint density at radius 3 is 2.06 bits per heavy atom. The van der Waals surface area contributed by atoms with Gasteiger partial charge in [0.25, 0.3) is 0 Å². The van der Waals surface area contributed by atoms with Crippen molar-refractivity contribution in [3.8, 4) is 11.5 Å². The van der Waals surface area contributed by atoms with E-state index in [0.717, 1.165) is 22.4 Å². The van der Waals surface area contributed by atoms with Crippen LogP contribution in [0.4, 0.5) is 5.69 Å². The average Bonchev–Trinajstić information content (AvgIpc) is 2.80. The maximum absolute atomic E-state index is 12.2. The van der Waals surface area contributed by atoms with Gasteiger partial charge in [0.2, 0.25) is 5.91 Å². The van der Waals surface area contributed by atoms with E-state index in [4.69, 9.17) is 9.47 Å². The van der Waals surface area contributed by atoms with Gasteiger partial charge in [-0.25, -0.2) is 0 Å². The van der Waals surface area contributed by atoms with Crippen LogP contribution < -0.4 is 10.1 Å². The number of para-hydroxylation sites is 1. The number of rotatable bonds is 9. The summed E-state index contributed by atoms with van der Waals surface area (Å²) in [7, 11) is 0. The minimum absolute atomic E-state index is 0.0434. The van der Waals surface area contributed by atoms with E-state index in [1.54, 1.807) is 36.4 Å². The van der Waals surface area contributed by atoms with Crippen molar-refractivity contribution in [3.05, 3.63) is 89.0 Å². The highest BCUT2D eigenvalue weighted by Crippen LogP contribution is 2.29. The molecular formula is C27H27NO5. The zero-order valence-corrected chi connectivity index (χ0v) is 19.0. The standard InChI is InChI=1S/C27H27NO5/c1-18-7-9-21(10-8-18)24(29)17-32-26(31)16-15-25(30)28-22-11-13-23(14-12-22)33-27-19(2)5-4-6-20(27)3/h4-14H,15-17H2,1-3H3,(H,28,30). The number of ether oxygens (including phenoxy) is 2. The van der Waals surface area contributed by atoms with Gasteiger partial charge in [0.15, 0.2) is 12.4 Å². The molecule has 0 radical (unpaired) electrons. The maximum atomic E-state index is 12.2. The molecule has 3 aromatic carbocycles. The fourth-order valence-electron chi connectivity index (χ4n) is 3.16. The second kappa shape index (κ2) is 11.1. The molecule has 170 valence electrons. The summed E-state index contributed by atoms with van der Waals surface area (Å²) in [6.07, 6.45) is -0.154. The van der Waals surface area contributed by atoms with Crippen molar-refractivity contribution in [2.45, 2.75) is 33.6 Å². The number of aryl methyl sites for hydroxylation is 3. The zero-order valence-electron chi connectivity index (χ0n) is 19.0. The molecule has 0 aliphatic heterocycles. The van der Waals surface area contributed by atoms with Crippen LogP contribution in [0, 0.1) is 20.8 Å². The van der Waals surface area contributed by atoms with Gasteiger partial charge < -0.3 is 14.8 Å². The normalized spacial score (nSPS) is 10.4. The molecule has 0 heterocycles. The van der Waals surface area contributed by atoms with Crippen LogP contribution in [0.3, 0.4) is 0 Å². The van der Waals surface area contributed by atoms with Crippen LogP contribution in [0.15, 0.2) is 66.7 Å². The molecule has 0 fully saturated rings. The predicted molar refractivity (Wildman–Crippen MR) is 127 cm³/mol. The topological polar surface area (TPSA) is 81.7 Å². The molecule has 6 heteroatoms. The highest BCUT2D eigenvalue weighted by Gasteiger charge is 2.12. The molecular weight excluding hydrogens is 418 g/mol. The molecule has 0 saturated heterocycles. The monoisotopic (exact) mass is 445 g/mol. The van der Waals surface area contributed by atoms with Crippen LogP contribution in [0.2, 0.25) is 0 Å². The molecule has 0 spiro atoms. The summed E-state index contributed by atoms with van der Waals surface area (Å²) >= 11 is 0. The van der Waals surface area contributed by atoms with Crippen LogP contribution in [0.1, 0.15) is 39.9 Å². The zero-order chi connectivity index (χ0) is 23.8. The van der Waals surface area contributed by atoms with Crippen molar-refractivity contribution in [3.63, 3.8) is 0 Å². The number of esters is 1. The largest absolute Gasteiger partial charge is 0.457 e. The van der Waals surface area contributed by atoms with E-state index >= 15 is 0 Å². The van der Waals surface area contributed by atoms with Gasteiger partial charge in [-0.15, -0.1) is 0 Å². The van der Waals surface area contributed by atoms with Crippen molar-refractivity contribution in [1.29, 1.82) is 0 Å². The lowest BCUT2D eigenvalue weighted by Gasteiger charge is -2.12. The predicted octanol–water partition coefficient (Wildman–Crippen LogP) is 5.55. The number of nitrogens with one attached hydrogen (secondary N) is 1. The Hall–Kier alpha value is -3.93. The van der Waals surface area contributed by atoms with E-state index in [9.17, 15) is 14.4 Å². The lowest BCUT2D eigenvalue weighted by Crippen LogP contribution is -2.17. The molecule has 1 amide bonds. The molecule has 1 N–H and O–H groups in total. The second-order valence-corrected chi connectivity index (χ2v) is 7.85. The number of hydrogen-bond donors (Lipinski definition) is 1. The Bertz CT molecular complexity index is 1110.